The molecular weight excluding hydrogens is 360 g/mol. The van der Waals surface area contributed by atoms with E-state index in [2.05, 4.69) is 10.1 Å². The Morgan fingerprint density at radius 1 is 1.19 bits per heavy atom. The van der Waals surface area contributed by atoms with Gasteiger partial charge in [-0.05, 0) is 37.4 Å². The largest absolute Gasteiger partial charge is 0.854 e. The molecule has 0 radical (unpaired) electrons. The molecular formula is C20H18N4O2S. The molecule has 0 bridgehead atoms. The van der Waals surface area contributed by atoms with Crippen LogP contribution in [0.5, 0.6) is 5.88 Å². The topological polar surface area (TPSA) is 73.0 Å². The van der Waals surface area contributed by atoms with Gasteiger partial charge in [0.25, 0.3) is 17.0 Å². The van der Waals surface area contributed by atoms with Crippen LogP contribution in [-0.2, 0) is 4.79 Å². The van der Waals surface area contributed by atoms with Crippen LogP contribution >= 0.6 is 11.8 Å². The average molecular weight is 378 g/mol. The monoisotopic (exact) mass is 378 g/mol. The highest BCUT2D eigenvalue weighted by molar-refractivity contribution is 7.98. The van der Waals surface area contributed by atoms with Gasteiger partial charge in [0, 0.05) is 17.6 Å². The minimum absolute atomic E-state index is 0.122. The first-order valence-corrected chi connectivity index (χ1v) is 9.74. The molecule has 4 rings (SSSR count). The third-order valence-electron chi connectivity index (χ3n) is 4.61. The van der Waals surface area contributed by atoms with Crippen LogP contribution in [0.4, 0.5) is 5.69 Å². The molecule has 0 spiro atoms. The van der Waals surface area contributed by atoms with Crippen molar-refractivity contribution in [2.24, 2.45) is 0 Å². The van der Waals surface area contributed by atoms with E-state index >= 15 is 0 Å². The molecule has 27 heavy (non-hydrogen) atoms. The standard InChI is InChI=1S/C20H18N4O2S/c1-12-8-10-14(11-9-12)19-23(13(2)25)16-7-5-4-6-15(16)17-18(26)21-20(27-3)22-24(17)19/h4-11,19H,1-3H3. The van der Waals surface area contributed by atoms with Crippen molar-refractivity contribution in [3.8, 4) is 17.1 Å². The van der Waals surface area contributed by atoms with Crippen LogP contribution in [0.1, 0.15) is 24.2 Å². The second kappa shape index (κ2) is 6.66. The second-order valence-electron chi connectivity index (χ2n) is 6.39. The molecule has 1 aromatic heterocycles. The van der Waals surface area contributed by atoms with Gasteiger partial charge in [0.05, 0.1) is 17.1 Å². The third-order valence-corrected chi connectivity index (χ3v) is 5.15. The fourth-order valence-corrected chi connectivity index (χ4v) is 3.74. The van der Waals surface area contributed by atoms with E-state index in [-0.39, 0.29) is 11.8 Å². The van der Waals surface area contributed by atoms with Crippen LogP contribution in [0.3, 0.4) is 0 Å². The van der Waals surface area contributed by atoms with Crippen LogP contribution in [0, 0.1) is 6.92 Å². The van der Waals surface area contributed by atoms with E-state index in [1.807, 2.05) is 61.7 Å². The summed E-state index contributed by atoms with van der Waals surface area (Å²) >= 11 is 1.30. The zero-order valence-corrected chi connectivity index (χ0v) is 16.0. The number of hydrogen-bond donors (Lipinski definition) is 0. The van der Waals surface area contributed by atoms with Crippen molar-refractivity contribution in [1.29, 1.82) is 0 Å². The number of carbonyl (C=O) groups is 1. The van der Waals surface area contributed by atoms with Crippen molar-refractivity contribution < 1.29 is 14.6 Å². The van der Waals surface area contributed by atoms with Gasteiger partial charge >= 0.3 is 0 Å². The van der Waals surface area contributed by atoms with E-state index in [1.54, 1.807) is 9.58 Å². The van der Waals surface area contributed by atoms with Gasteiger partial charge in [0.15, 0.2) is 0 Å². The van der Waals surface area contributed by atoms with Crippen molar-refractivity contribution in [2.45, 2.75) is 25.2 Å². The van der Waals surface area contributed by atoms with Gasteiger partial charge in [-0.2, -0.15) is 0 Å². The fraction of sp³-hybridized carbons (Fsp3) is 0.200. The van der Waals surface area contributed by atoms with Crippen molar-refractivity contribution >= 4 is 23.4 Å². The number of hydrogen-bond acceptors (Lipinski definition) is 5. The fourth-order valence-electron chi connectivity index (χ4n) is 3.40. The molecule has 3 aromatic rings. The SMILES string of the molecule is CSc1nc([O-])c2[n+](n1)C(c1ccc(C)cc1)N(C(C)=O)c1ccccc1-2. The quantitative estimate of drug-likeness (QED) is 0.506. The van der Waals surface area contributed by atoms with Gasteiger partial charge in [-0.15, -0.1) is 0 Å². The first kappa shape index (κ1) is 17.5. The number of fused-ring (bicyclic) bond motifs is 3. The molecule has 0 aliphatic carbocycles. The summed E-state index contributed by atoms with van der Waals surface area (Å²) < 4.78 is 1.63. The first-order chi connectivity index (χ1) is 13.0. The molecule has 136 valence electrons. The van der Waals surface area contributed by atoms with Crippen molar-refractivity contribution in [1.82, 2.24) is 10.1 Å². The smallest absolute Gasteiger partial charge is 0.293 e. The zero-order chi connectivity index (χ0) is 19.1. The molecule has 0 N–H and O–H groups in total. The molecule has 1 atom stereocenters. The zero-order valence-electron chi connectivity index (χ0n) is 15.2. The minimum Gasteiger partial charge on any atom is -0.854 e. The van der Waals surface area contributed by atoms with Gasteiger partial charge < -0.3 is 5.11 Å². The highest BCUT2D eigenvalue weighted by Gasteiger charge is 2.43. The van der Waals surface area contributed by atoms with Crippen LogP contribution in [0.25, 0.3) is 11.3 Å². The number of thioether (sulfide) groups is 1. The number of benzene rings is 2. The average Bonchev–Trinajstić information content (AvgIpc) is 2.67. The first-order valence-electron chi connectivity index (χ1n) is 8.52. The highest BCUT2D eigenvalue weighted by Crippen LogP contribution is 2.40. The summed E-state index contributed by atoms with van der Waals surface area (Å²) in [5, 5.41) is 17.8. The number of carbonyl (C=O) groups excluding carboxylic acids is 1. The summed E-state index contributed by atoms with van der Waals surface area (Å²) in [5.74, 6) is -0.468. The van der Waals surface area contributed by atoms with Crippen molar-refractivity contribution in [3.63, 3.8) is 0 Å². The molecule has 1 amide bonds. The number of para-hydroxylation sites is 1. The van der Waals surface area contributed by atoms with E-state index in [4.69, 9.17) is 0 Å². The summed E-state index contributed by atoms with van der Waals surface area (Å²) in [7, 11) is 0. The summed E-state index contributed by atoms with van der Waals surface area (Å²) in [6, 6.07) is 15.3. The minimum atomic E-state index is -0.547. The number of aromatic nitrogens is 3. The molecule has 1 unspecified atom stereocenters. The lowest BCUT2D eigenvalue weighted by molar-refractivity contribution is -0.764. The second-order valence-corrected chi connectivity index (χ2v) is 7.16. The lowest BCUT2D eigenvalue weighted by atomic mass is 10.0. The van der Waals surface area contributed by atoms with Gasteiger partial charge in [0.1, 0.15) is 0 Å². The lowest BCUT2D eigenvalue weighted by Crippen LogP contribution is -2.58. The Bertz CT molecular complexity index is 1040. The number of amides is 1. The molecule has 2 heterocycles. The lowest BCUT2D eigenvalue weighted by Gasteiger charge is -2.32. The molecule has 7 heteroatoms. The summed E-state index contributed by atoms with van der Waals surface area (Å²) in [6.45, 7) is 3.53. The van der Waals surface area contributed by atoms with Gasteiger partial charge in [-0.1, -0.05) is 46.3 Å². The Hall–Kier alpha value is -2.93. The van der Waals surface area contributed by atoms with Crippen molar-refractivity contribution in [2.75, 3.05) is 11.2 Å². The number of rotatable bonds is 2. The molecule has 6 nitrogen and oxygen atoms in total. The Morgan fingerprint density at radius 3 is 2.56 bits per heavy atom. The van der Waals surface area contributed by atoms with E-state index in [0.29, 0.717) is 22.1 Å². The Morgan fingerprint density at radius 2 is 1.89 bits per heavy atom. The molecule has 0 saturated carbocycles. The predicted octanol–water partition coefficient (Wildman–Crippen LogP) is 2.45. The summed E-state index contributed by atoms with van der Waals surface area (Å²) in [6.07, 6.45) is 1.27. The number of anilines is 1. The number of nitrogens with zero attached hydrogens (tertiary/aromatic N) is 4. The van der Waals surface area contributed by atoms with Crippen LogP contribution < -0.4 is 14.7 Å². The normalized spacial score (nSPS) is 15.2. The molecule has 0 saturated heterocycles. The molecule has 1 aliphatic heterocycles. The maximum atomic E-state index is 12.8. The van der Waals surface area contributed by atoms with Crippen LogP contribution in [-0.4, -0.2) is 22.2 Å². The van der Waals surface area contributed by atoms with E-state index in [1.165, 1.54) is 18.7 Å². The highest BCUT2D eigenvalue weighted by atomic mass is 32.2. The molecule has 0 fully saturated rings. The molecule has 2 aromatic carbocycles. The predicted molar refractivity (Wildman–Crippen MR) is 101 cm³/mol. The van der Waals surface area contributed by atoms with E-state index < -0.39 is 6.17 Å². The maximum Gasteiger partial charge on any atom is 0.293 e. The summed E-state index contributed by atoms with van der Waals surface area (Å²) in [5.41, 5.74) is 3.74. The number of aryl methyl sites for hydroxylation is 1. The molecule has 1 aliphatic rings. The van der Waals surface area contributed by atoms with Gasteiger partial charge in [0.2, 0.25) is 5.91 Å². The Labute approximate surface area is 161 Å². The maximum absolute atomic E-state index is 12.8. The van der Waals surface area contributed by atoms with Gasteiger partial charge in [-0.25, -0.2) is 9.88 Å². The third kappa shape index (κ3) is 2.84. The van der Waals surface area contributed by atoms with Crippen LogP contribution in [0.2, 0.25) is 0 Å². The summed E-state index contributed by atoms with van der Waals surface area (Å²) in [4.78, 5) is 18.4. The van der Waals surface area contributed by atoms with Gasteiger partial charge in [-0.3, -0.25) is 4.79 Å². The van der Waals surface area contributed by atoms with Crippen molar-refractivity contribution in [3.05, 3.63) is 59.7 Å². The van der Waals surface area contributed by atoms with E-state index in [9.17, 15) is 9.90 Å². The van der Waals surface area contributed by atoms with E-state index in [0.717, 1.165) is 11.1 Å². The Kier molecular flexibility index (Phi) is 4.31. The van der Waals surface area contributed by atoms with Crippen LogP contribution in [0.15, 0.2) is 53.7 Å². The Balaban J connectivity index is 2.07.